The van der Waals surface area contributed by atoms with Crippen molar-refractivity contribution in [2.75, 3.05) is 13.1 Å². The van der Waals surface area contributed by atoms with Crippen molar-refractivity contribution in [1.29, 1.82) is 0 Å². The van der Waals surface area contributed by atoms with Crippen LogP contribution in [0, 0.1) is 5.92 Å². The molecule has 2 N–H and O–H groups in total. The number of nitrogens with zero attached hydrogens (tertiary/aromatic N) is 1. The lowest BCUT2D eigenvalue weighted by Crippen LogP contribution is -2.35. The summed E-state index contributed by atoms with van der Waals surface area (Å²) in [6.07, 6.45) is 7.56. The van der Waals surface area contributed by atoms with Gasteiger partial charge in [-0.25, -0.2) is 0 Å². The second kappa shape index (κ2) is 4.30. The van der Waals surface area contributed by atoms with Gasteiger partial charge in [-0.1, -0.05) is 25.7 Å². The van der Waals surface area contributed by atoms with E-state index < -0.39 is 0 Å². The molecule has 3 heteroatoms. The van der Waals surface area contributed by atoms with Crippen molar-refractivity contribution < 1.29 is 4.79 Å². The topological polar surface area (TPSA) is 46.3 Å². The molecule has 1 amide bonds. The average molecular weight is 196 g/mol. The van der Waals surface area contributed by atoms with E-state index in [9.17, 15) is 4.79 Å². The van der Waals surface area contributed by atoms with Gasteiger partial charge < -0.3 is 10.6 Å². The zero-order chi connectivity index (χ0) is 9.97. The summed E-state index contributed by atoms with van der Waals surface area (Å²) in [7, 11) is 0. The van der Waals surface area contributed by atoms with Gasteiger partial charge in [-0.15, -0.1) is 0 Å². The third-order valence-electron chi connectivity index (χ3n) is 3.62. The highest BCUT2D eigenvalue weighted by atomic mass is 16.2. The Morgan fingerprint density at radius 2 is 2.00 bits per heavy atom. The van der Waals surface area contributed by atoms with Crippen molar-refractivity contribution >= 4 is 5.91 Å². The van der Waals surface area contributed by atoms with E-state index in [0.29, 0.717) is 0 Å². The quantitative estimate of drug-likeness (QED) is 0.735. The van der Waals surface area contributed by atoms with Crippen LogP contribution in [0.1, 0.15) is 38.5 Å². The Kier molecular flexibility index (Phi) is 3.06. The summed E-state index contributed by atoms with van der Waals surface area (Å²) in [6, 6.07) is -0.210. The van der Waals surface area contributed by atoms with Crippen LogP contribution in [-0.2, 0) is 4.79 Å². The fourth-order valence-corrected chi connectivity index (χ4v) is 2.62. The highest BCUT2D eigenvalue weighted by Crippen LogP contribution is 2.28. The van der Waals surface area contributed by atoms with Crippen LogP contribution in [0.15, 0.2) is 0 Å². The van der Waals surface area contributed by atoms with E-state index >= 15 is 0 Å². The summed E-state index contributed by atoms with van der Waals surface area (Å²) < 4.78 is 0. The first-order valence-electron chi connectivity index (χ1n) is 5.82. The first-order chi connectivity index (χ1) is 6.77. The Labute approximate surface area is 85.6 Å². The molecule has 1 unspecified atom stereocenters. The Balaban J connectivity index is 1.72. The average Bonchev–Trinajstić information content (AvgIpc) is 2.77. The number of likely N-dealkylation sites (tertiary alicyclic amines) is 1. The van der Waals surface area contributed by atoms with E-state index in [0.717, 1.165) is 25.4 Å². The predicted octanol–water partition coefficient (Wildman–Crippen LogP) is 1.13. The van der Waals surface area contributed by atoms with E-state index in [2.05, 4.69) is 0 Å². The van der Waals surface area contributed by atoms with Crippen LogP contribution < -0.4 is 5.73 Å². The van der Waals surface area contributed by atoms with Gasteiger partial charge in [0, 0.05) is 13.1 Å². The predicted molar refractivity (Wildman–Crippen MR) is 55.7 cm³/mol. The van der Waals surface area contributed by atoms with Gasteiger partial charge in [0.25, 0.3) is 0 Å². The van der Waals surface area contributed by atoms with Crippen LogP contribution >= 0.6 is 0 Å². The highest BCUT2D eigenvalue weighted by molar-refractivity contribution is 5.83. The van der Waals surface area contributed by atoms with E-state index in [4.69, 9.17) is 5.73 Å². The van der Waals surface area contributed by atoms with Gasteiger partial charge in [0.15, 0.2) is 0 Å². The summed E-state index contributed by atoms with van der Waals surface area (Å²) >= 11 is 0. The van der Waals surface area contributed by atoms with Crippen molar-refractivity contribution in [2.45, 2.75) is 44.6 Å². The summed E-state index contributed by atoms with van der Waals surface area (Å²) in [6.45, 7) is 1.82. The third-order valence-corrected chi connectivity index (χ3v) is 3.62. The standard InChI is InChI=1S/C11H20N2O/c12-10-6-8-13(11(10)14)7-5-9-3-1-2-4-9/h9-10H,1-8,12H2. The van der Waals surface area contributed by atoms with Crippen molar-refractivity contribution in [2.24, 2.45) is 11.7 Å². The molecule has 80 valence electrons. The molecule has 0 aromatic rings. The van der Waals surface area contributed by atoms with Crippen LogP contribution in [0.2, 0.25) is 0 Å². The molecule has 14 heavy (non-hydrogen) atoms. The molecule has 0 aromatic carbocycles. The van der Waals surface area contributed by atoms with Gasteiger partial charge in [0.05, 0.1) is 6.04 Å². The Morgan fingerprint density at radius 3 is 2.57 bits per heavy atom. The van der Waals surface area contributed by atoms with Crippen molar-refractivity contribution in [3.8, 4) is 0 Å². The van der Waals surface area contributed by atoms with Gasteiger partial charge in [-0.3, -0.25) is 4.79 Å². The molecule has 3 nitrogen and oxygen atoms in total. The molecular weight excluding hydrogens is 176 g/mol. The molecule has 2 fully saturated rings. The Bertz CT molecular complexity index is 211. The second-order valence-corrected chi connectivity index (χ2v) is 4.66. The molecule has 0 spiro atoms. The fourth-order valence-electron chi connectivity index (χ4n) is 2.62. The molecule has 1 heterocycles. The first kappa shape index (κ1) is 9.97. The number of nitrogens with two attached hydrogens (primary N) is 1. The Morgan fingerprint density at radius 1 is 1.29 bits per heavy atom. The van der Waals surface area contributed by atoms with E-state index in [1.807, 2.05) is 4.90 Å². The third kappa shape index (κ3) is 2.08. The summed E-state index contributed by atoms with van der Waals surface area (Å²) in [5.74, 6) is 1.04. The van der Waals surface area contributed by atoms with E-state index in [-0.39, 0.29) is 11.9 Å². The summed E-state index contributed by atoms with van der Waals surface area (Å²) in [5.41, 5.74) is 5.66. The molecule has 2 rings (SSSR count). The zero-order valence-electron chi connectivity index (χ0n) is 8.74. The minimum atomic E-state index is -0.210. The normalized spacial score (nSPS) is 29.1. The minimum Gasteiger partial charge on any atom is -0.341 e. The van der Waals surface area contributed by atoms with Gasteiger partial charge in [-0.2, -0.15) is 0 Å². The SMILES string of the molecule is NC1CCN(CCC2CCCC2)C1=O. The molecular formula is C11H20N2O. The molecule has 0 radical (unpaired) electrons. The van der Waals surface area contributed by atoms with E-state index in [1.54, 1.807) is 0 Å². The van der Waals surface area contributed by atoms with Gasteiger partial charge >= 0.3 is 0 Å². The van der Waals surface area contributed by atoms with Crippen LogP contribution in [0.25, 0.3) is 0 Å². The number of hydrogen-bond acceptors (Lipinski definition) is 2. The Hall–Kier alpha value is -0.570. The van der Waals surface area contributed by atoms with Crippen molar-refractivity contribution in [1.82, 2.24) is 4.90 Å². The number of hydrogen-bond donors (Lipinski definition) is 1. The molecule has 1 aliphatic heterocycles. The van der Waals surface area contributed by atoms with Gasteiger partial charge in [0.1, 0.15) is 0 Å². The van der Waals surface area contributed by atoms with Crippen molar-refractivity contribution in [3.63, 3.8) is 0 Å². The van der Waals surface area contributed by atoms with Crippen molar-refractivity contribution in [3.05, 3.63) is 0 Å². The second-order valence-electron chi connectivity index (χ2n) is 4.66. The first-order valence-corrected chi connectivity index (χ1v) is 5.82. The summed E-state index contributed by atoms with van der Waals surface area (Å²) in [4.78, 5) is 13.5. The van der Waals surface area contributed by atoms with Gasteiger partial charge in [-0.05, 0) is 18.8 Å². The maximum atomic E-state index is 11.5. The molecule has 2 aliphatic rings. The largest absolute Gasteiger partial charge is 0.341 e. The lowest BCUT2D eigenvalue weighted by Gasteiger charge is -2.18. The number of carbonyl (C=O) groups excluding carboxylic acids is 1. The molecule has 1 saturated heterocycles. The molecule has 1 aliphatic carbocycles. The monoisotopic (exact) mass is 196 g/mol. The molecule has 1 atom stereocenters. The number of rotatable bonds is 3. The number of carbonyl (C=O) groups is 1. The molecule has 0 aromatic heterocycles. The minimum absolute atomic E-state index is 0.169. The molecule has 0 bridgehead atoms. The van der Waals surface area contributed by atoms with Crippen LogP contribution in [-0.4, -0.2) is 29.9 Å². The molecule has 1 saturated carbocycles. The van der Waals surface area contributed by atoms with Gasteiger partial charge in [0.2, 0.25) is 5.91 Å². The highest BCUT2D eigenvalue weighted by Gasteiger charge is 2.28. The van der Waals surface area contributed by atoms with Crippen LogP contribution in [0.3, 0.4) is 0 Å². The maximum absolute atomic E-state index is 11.5. The van der Waals surface area contributed by atoms with Crippen LogP contribution in [0.4, 0.5) is 0 Å². The lowest BCUT2D eigenvalue weighted by atomic mass is 10.0. The smallest absolute Gasteiger partial charge is 0.239 e. The number of amides is 1. The van der Waals surface area contributed by atoms with Crippen LogP contribution in [0.5, 0.6) is 0 Å². The maximum Gasteiger partial charge on any atom is 0.239 e. The fraction of sp³-hybridized carbons (Fsp3) is 0.909. The van der Waals surface area contributed by atoms with E-state index in [1.165, 1.54) is 32.1 Å². The summed E-state index contributed by atoms with van der Waals surface area (Å²) in [5, 5.41) is 0. The lowest BCUT2D eigenvalue weighted by molar-refractivity contribution is -0.128. The zero-order valence-corrected chi connectivity index (χ0v) is 8.74.